The molecule has 2 aliphatic heterocycles. The number of ether oxygens (including phenoxy) is 1. The Morgan fingerprint density at radius 3 is 3.00 bits per heavy atom. The Kier molecular flexibility index (Phi) is 3.88. The Morgan fingerprint density at radius 1 is 1.33 bits per heavy atom. The van der Waals surface area contributed by atoms with E-state index in [0.29, 0.717) is 25.1 Å². The molecular formula is C18H21N3O3. The summed E-state index contributed by atoms with van der Waals surface area (Å²) in [4.78, 5) is 17.2. The second kappa shape index (κ2) is 6.19. The largest absolute Gasteiger partial charge is 0.476 e. The number of nitrogens with zero attached hydrogens (tertiary/aromatic N) is 3. The second-order valence-electron chi connectivity index (χ2n) is 6.21. The van der Waals surface area contributed by atoms with Crippen molar-refractivity contribution < 1.29 is 14.1 Å². The van der Waals surface area contributed by atoms with E-state index in [0.717, 1.165) is 24.3 Å². The highest BCUT2D eigenvalue weighted by atomic mass is 16.5. The van der Waals surface area contributed by atoms with Gasteiger partial charge in [0.15, 0.2) is 0 Å². The van der Waals surface area contributed by atoms with Crippen LogP contribution in [0.5, 0.6) is 5.88 Å². The van der Waals surface area contributed by atoms with Crippen LogP contribution in [-0.4, -0.2) is 36.8 Å². The molecule has 0 aliphatic carbocycles. The number of piperidine rings is 1. The predicted molar refractivity (Wildman–Crippen MR) is 90.8 cm³/mol. The standard InChI is InChI=1S/C18H21N3O3/c1-2-23-17-11-16(24-19-17)18(22)21-12-13-7-5-6-10-20(13)14-8-3-4-9-15(14)21/h3-4,8-9,11,13H,2,5-7,10,12H2,1H3/t13-/m0/s1. The molecule has 1 atom stereocenters. The van der Waals surface area contributed by atoms with Gasteiger partial charge in [-0.15, -0.1) is 0 Å². The number of aromatic nitrogens is 1. The maximum absolute atomic E-state index is 13.0. The summed E-state index contributed by atoms with van der Waals surface area (Å²) >= 11 is 0. The van der Waals surface area contributed by atoms with Crippen molar-refractivity contribution in [2.45, 2.75) is 32.2 Å². The van der Waals surface area contributed by atoms with Crippen LogP contribution in [0.15, 0.2) is 34.9 Å². The van der Waals surface area contributed by atoms with E-state index in [4.69, 9.17) is 9.26 Å². The number of hydrogen-bond donors (Lipinski definition) is 0. The van der Waals surface area contributed by atoms with Crippen molar-refractivity contribution in [1.29, 1.82) is 0 Å². The molecule has 0 bridgehead atoms. The molecule has 1 fully saturated rings. The smallest absolute Gasteiger partial charge is 0.297 e. The maximum atomic E-state index is 13.0. The van der Waals surface area contributed by atoms with Crippen LogP contribution in [0.3, 0.4) is 0 Å². The third-order valence-electron chi connectivity index (χ3n) is 4.74. The molecule has 4 rings (SSSR count). The number of hydrogen-bond acceptors (Lipinski definition) is 5. The van der Waals surface area contributed by atoms with E-state index in [-0.39, 0.29) is 11.7 Å². The normalized spacial score (nSPS) is 19.6. The van der Waals surface area contributed by atoms with E-state index in [1.54, 1.807) is 6.07 Å². The molecule has 1 saturated heterocycles. The highest BCUT2D eigenvalue weighted by Crippen LogP contribution is 2.39. The molecule has 0 N–H and O–H groups in total. The summed E-state index contributed by atoms with van der Waals surface area (Å²) in [7, 11) is 0. The third kappa shape index (κ3) is 2.52. The highest BCUT2D eigenvalue weighted by molar-refractivity contribution is 6.07. The van der Waals surface area contributed by atoms with Gasteiger partial charge < -0.3 is 19.1 Å². The Balaban J connectivity index is 1.67. The summed E-state index contributed by atoms with van der Waals surface area (Å²) < 4.78 is 10.5. The minimum atomic E-state index is -0.161. The first-order valence-corrected chi connectivity index (χ1v) is 8.55. The van der Waals surface area contributed by atoms with Crippen LogP contribution < -0.4 is 14.5 Å². The first-order valence-electron chi connectivity index (χ1n) is 8.55. The van der Waals surface area contributed by atoms with Crippen LogP contribution in [0.25, 0.3) is 0 Å². The monoisotopic (exact) mass is 327 g/mol. The summed E-state index contributed by atoms with van der Waals surface area (Å²) in [5.41, 5.74) is 2.07. The first-order chi connectivity index (χ1) is 11.8. The van der Waals surface area contributed by atoms with Gasteiger partial charge in [0, 0.05) is 19.1 Å². The van der Waals surface area contributed by atoms with E-state index in [2.05, 4.69) is 16.1 Å². The lowest BCUT2D eigenvalue weighted by molar-refractivity contribution is 0.0946. The van der Waals surface area contributed by atoms with E-state index in [9.17, 15) is 4.79 Å². The molecule has 2 aromatic rings. The molecule has 6 heteroatoms. The molecule has 0 saturated carbocycles. The van der Waals surface area contributed by atoms with Crippen molar-refractivity contribution in [2.24, 2.45) is 0 Å². The number of carbonyl (C=O) groups is 1. The lowest BCUT2D eigenvalue weighted by Crippen LogP contribution is -2.52. The number of carbonyl (C=O) groups excluding carboxylic acids is 1. The fourth-order valence-corrected chi connectivity index (χ4v) is 3.65. The summed E-state index contributed by atoms with van der Waals surface area (Å²) in [6.45, 7) is 4.10. The zero-order valence-electron chi connectivity index (χ0n) is 13.8. The number of rotatable bonds is 3. The van der Waals surface area contributed by atoms with Crippen molar-refractivity contribution in [3.63, 3.8) is 0 Å². The van der Waals surface area contributed by atoms with Gasteiger partial charge in [0.25, 0.3) is 11.8 Å². The lowest BCUT2D eigenvalue weighted by Gasteiger charge is -2.46. The molecule has 3 heterocycles. The van der Waals surface area contributed by atoms with Gasteiger partial charge in [0.05, 0.1) is 24.0 Å². The van der Waals surface area contributed by atoms with Gasteiger partial charge in [-0.1, -0.05) is 12.1 Å². The van der Waals surface area contributed by atoms with Crippen molar-refractivity contribution in [3.05, 3.63) is 36.1 Å². The van der Waals surface area contributed by atoms with Gasteiger partial charge in [-0.3, -0.25) is 4.79 Å². The number of anilines is 2. The molecule has 0 radical (unpaired) electrons. The second-order valence-corrected chi connectivity index (χ2v) is 6.21. The van der Waals surface area contributed by atoms with Gasteiger partial charge in [-0.05, 0) is 43.5 Å². The molecule has 1 amide bonds. The number of para-hydroxylation sites is 2. The minimum Gasteiger partial charge on any atom is -0.476 e. The van der Waals surface area contributed by atoms with Gasteiger partial charge >= 0.3 is 0 Å². The first kappa shape index (κ1) is 15.1. The molecule has 24 heavy (non-hydrogen) atoms. The van der Waals surface area contributed by atoms with Crippen LogP contribution in [0.1, 0.15) is 36.7 Å². The predicted octanol–water partition coefficient (Wildman–Crippen LogP) is 3.09. The molecule has 2 aliphatic rings. The molecule has 126 valence electrons. The van der Waals surface area contributed by atoms with Gasteiger partial charge in [-0.25, -0.2) is 0 Å². The Labute approximate surface area is 141 Å². The van der Waals surface area contributed by atoms with Crippen molar-refractivity contribution >= 4 is 17.3 Å². The van der Waals surface area contributed by atoms with Crippen LogP contribution in [-0.2, 0) is 0 Å². The van der Waals surface area contributed by atoms with Crippen LogP contribution >= 0.6 is 0 Å². The fourth-order valence-electron chi connectivity index (χ4n) is 3.65. The van der Waals surface area contributed by atoms with E-state index in [1.807, 2.05) is 30.0 Å². The number of amides is 1. The van der Waals surface area contributed by atoms with Crippen LogP contribution in [0.2, 0.25) is 0 Å². The minimum absolute atomic E-state index is 0.161. The van der Waals surface area contributed by atoms with Gasteiger partial charge in [-0.2, -0.15) is 0 Å². The van der Waals surface area contributed by atoms with E-state index in [1.165, 1.54) is 12.8 Å². The van der Waals surface area contributed by atoms with Gasteiger partial charge in [0.2, 0.25) is 5.76 Å². The molecule has 1 aromatic carbocycles. The third-order valence-corrected chi connectivity index (χ3v) is 4.74. The molecular weight excluding hydrogens is 306 g/mol. The average Bonchev–Trinajstić information content (AvgIpc) is 3.09. The highest BCUT2D eigenvalue weighted by Gasteiger charge is 2.36. The van der Waals surface area contributed by atoms with Crippen molar-refractivity contribution in [1.82, 2.24) is 5.16 Å². The summed E-state index contributed by atoms with van der Waals surface area (Å²) in [5.74, 6) is 0.411. The summed E-state index contributed by atoms with van der Waals surface area (Å²) in [5, 5.41) is 3.80. The maximum Gasteiger partial charge on any atom is 0.297 e. The molecule has 1 aromatic heterocycles. The zero-order valence-corrected chi connectivity index (χ0v) is 13.8. The van der Waals surface area contributed by atoms with Crippen molar-refractivity contribution in [3.8, 4) is 5.88 Å². The van der Waals surface area contributed by atoms with E-state index < -0.39 is 0 Å². The quantitative estimate of drug-likeness (QED) is 0.867. The topological polar surface area (TPSA) is 58.8 Å². The van der Waals surface area contributed by atoms with Crippen molar-refractivity contribution in [2.75, 3.05) is 29.5 Å². The fraction of sp³-hybridized carbons (Fsp3) is 0.444. The zero-order chi connectivity index (χ0) is 16.5. The molecule has 0 spiro atoms. The lowest BCUT2D eigenvalue weighted by atomic mass is 9.97. The molecule has 0 unspecified atom stereocenters. The van der Waals surface area contributed by atoms with Crippen LogP contribution in [0, 0.1) is 0 Å². The Bertz CT molecular complexity index is 743. The summed E-state index contributed by atoms with van der Waals surface area (Å²) in [6.07, 6.45) is 3.53. The average molecular weight is 327 g/mol. The SMILES string of the molecule is CCOc1cc(C(=O)N2C[C@@H]3CCCCN3c3ccccc32)on1. The summed E-state index contributed by atoms with van der Waals surface area (Å²) in [6, 6.07) is 10.0. The van der Waals surface area contributed by atoms with Crippen LogP contribution in [0.4, 0.5) is 11.4 Å². The van der Waals surface area contributed by atoms with Gasteiger partial charge in [0.1, 0.15) is 0 Å². The molecule has 6 nitrogen and oxygen atoms in total. The Morgan fingerprint density at radius 2 is 2.17 bits per heavy atom. The number of fused-ring (bicyclic) bond motifs is 3. The number of benzene rings is 1. The Hall–Kier alpha value is -2.50. The van der Waals surface area contributed by atoms with E-state index >= 15 is 0 Å².